The van der Waals surface area contributed by atoms with Crippen LogP contribution in [0.4, 0.5) is 0 Å². The molecular formula is C17H31NO. The Morgan fingerprint density at radius 2 is 1.84 bits per heavy atom. The van der Waals surface area contributed by atoms with Crippen molar-refractivity contribution in [1.82, 2.24) is 5.32 Å². The third kappa shape index (κ3) is 2.47. The van der Waals surface area contributed by atoms with Crippen molar-refractivity contribution in [2.75, 3.05) is 6.61 Å². The summed E-state index contributed by atoms with van der Waals surface area (Å²) >= 11 is 0. The standard InChI is InChI=1S/C17H31NO/c1-3-19-16-12-15(17(16)10-6-7-11-17)18-13(2)14-8-4-5-9-14/h13-16,18H,3-12H2,1-2H3. The molecule has 0 aromatic carbocycles. The van der Waals surface area contributed by atoms with Crippen molar-refractivity contribution in [3.8, 4) is 0 Å². The molecule has 0 heterocycles. The molecule has 0 amide bonds. The van der Waals surface area contributed by atoms with Crippen molar-refractivity contribution >= 4 is 0 Å². The van der Waals surface area contributed by atoms with E-state index in [4.69, 9.17) is 4.74 Å². The monoisotopic (exact) mass is 265 g/mol. The second-order valence-corrected chi connectivity index (χ2v) is 7.17. The van der Waals surface area contributed by atoms with Gasteiger partial charge in [0.25, 0.3) is 0 Å². The molecule has 2 heteroatoms. The second kappa shape index (κ2) is 5.73. The van der Waals surface area contributed by atoms with Gasteiger partial charge < -0.3 is 10.1 Å². The molecule has 1 N–H and O–H groups in total. The normalized spacial score (nSPS) is 35.7. The Morgan fingerprint density at radius 1 is 1.16 bits per heavy atom. The lowest BCUT2D eigenvalue weighted by atomic mass is 9.60. The summed E-state index contributed by atoms with van der Waals surface area (Å²) in [6.07, 6.45) is 13.2. The molecule has 0 aliphatic heterocycles. The molecule has 0 saturated heterocycles. The Kier molecular flexibility index (Phi) is 4.19. The average Bonchev–Trinajstić information content (AvgIpc) is 3.09. The largest absolute Gasteiger partial charge is 0.378 e. The van der Waals surface area contributed by atoms with Gasteiger partial charge in [-0.3, -0.25) is 0 Å². The van der Waals surface area contributed by atoms with E-state index in [1.165, 1.54) is 57.8 Å². The lowest BCUT2D eigenvalue weighted by Gasteiger charge is -2.55. The zero-order valence-corrected chi connectivity index (χ0v) is 12.8. The maximum Gasteiger partial charge on any atom is 0.0661 e. The summed E-state index contributed by atoms with van der Waals surface area (Å²) in [5.41, 5.74) is 0.503. The van der Waals surface area contributed by atoms with Gasteiger partial charge in [-0.15, -0.1) is 0 Å². The SMILES string of the molecule is CCOC1CC(NC(C)C2CCCC2)C12CCCC2. The van der Waals surface area contributed by atoms with Gasteiger partial charge in [-0.1, -0.05) is 25.7 Å². The highest BCUT2D eigenvalue weighted by molar-refractivity contribution is 5.10. The first-order chi connectivity index (χ1) is 9.26. The Bertz CT molecular complexity index is 292. The molecule has 3 saturated carbocycles. The van der Waals surface area contributed by atoms with Gasteiger partial charge in [-0.2, -0.15) is 0 Å². The lowest BCUT2D eigenvalue weighted by Crippen LogP contribution is -2.64. The van der Waals surface area contributed by atoms with Crippen molar-refractivity contribution in [2.24, 2.45) is 11.3 Å². The highest BCUT2D eigenvalue weighted by atomic mass is 16.5. The zero-order valence-electron chi connectivity index (χ0n) is 12.8. The smallest absolute Gasteiger partial charge is 0.0661 e. The predicted molar refractivity (Wildman–Crippen MR) is 79.3 cm³/mol. The first kappa shape index (κ1) is 13.9. The van der Waals surface area contributed by atoms with Gasteiger partial charge >= 0.3 is 0 Å². The van der Waals surface area contributed by atoms with Crippen LogP contribution in [-0.2, 0) is 4.74 Å². The van der Waals surface area contributed by atoms with E-state index in [1.54, 1.807) is 0 Å². The molecule has 3 fully saturated rings. The maximum atomic E-state index is 6.01. The third-order valence-corrected chi connectivity index (χ3v) is 6.26. The van der Waals surface area contributed by atoms with E-state index in [0.29, 0.717) is 17.6 Å². The van der Waals surface area contributed by atoms with Crippen LogP contribution in [0.2, 0.25) is 0 Å². The lowest BCUT2D eigenvalue weighted by molar-refractivity contribution is -0.133. The molecule has 0 radical (unpaired) electrons. The van der Waals surface area contributed by atoms with Crippen LogP contribution in [0.15, 0.2) is 0 Å². The maximum absolute atomic E-state index is 6.01. The minimum Gasteiger partial charge on any atom is -0.378 e. The molecule has 3 rings (SSSR count). The van der Waals surface area contributed by atoms with Gasteiger partial charge in [-0.25, -0.2) is 0 Å². The number of nitrogens with one attached hydrogen (secondary N) is 1. The average molecular weight is 265 g/mol. The minimum absolute atomic E-state index is 0.503. The molecule has 0 aromatic heterocycles. The summed E-state index contributed by atoms with van der Waals surface area (Å²) in [4.78, 5) is 0. The van der Waals surface area contributed by atoms with E-state index >= 15 is 0 Å². The fraction of sp³-hybridized carbons (Fsp3) is 1.00. The summed E-state index contributed by atoms with van der Waals surface area (Å²) in [6, 6.07) is 1.45. The van der Waals surface area contributed by atoms with Gasteiger partial charge in [-0.05, 0) is 51.9 Å². The zero-order chi connectivity index (χ0) is 13.3. The summed E-state index contributed by atoms with van der Waals surface area (Å²) < 4.78 is 6.01. The van der Waals surface area contributed by atoms with Crippen LogP contribution in [0, 0.1) is 11.3 Å². The molecule has 110 valence electrons. The van der Waals surface area contributed by atoms with E-state index in [2.05, 4.69) is 19.2 Å². The highest BCUT2D eigenvalue weighted by Gasteiger charge is 2.56. The third-order valence-electron chi connectivity index (χ3n) is 6.26. The molecule has 2 nitrogen and oxygen atoms in total. The quantitative estimate of drug-likeness (QED) is 0.814. The van der Waals surface area contributed by atoms with Crippen molar-refractivity contribution in [1.29, 1.82) is 0 Å². The number of hydrogen-bond acceptors (Lipinski definition) is 2. The molecule has 3 atom stereocenters. The van der Waals surface area contributed by atoms with E-state index < -0.39 is 0 Å². The van der Waals surface area contributed by atoms with Gasteiger partial charge in [0, 0.05) is 24.1 Å². The van der Waals surface area contributed by atoms with Crippen LogP contribution in [-0.4, -0.2) is 24.8 Å². The van der Waals surface area contributed by atoms with E-state index in [9.17, 15) is 0 Å². The van der Waals surface area contributed by atoms with Crippen LogP contribution in [0.5, 0.6) is 0 Å². The van der Waals surface area contributed by atoms with Crippen LogP contribution in [0.1, 0.15) is 71.6 Å². The summed E-state index contributed by atoms with van der Waals surface area (Å²) in [5.74, 6) is 0.935. The van der Waals surface area contributed by atoms with Gasteiger partial charge in [0.05, 0.1) is 6.10 Å². The van der Waals surface area contributed by atoms with Gasteiger partial charge in [0.1, 0.15) is 0 Å². The van der Waals surface area contributed by atoms with Crippen molar-refractivity contribution in [2.45, 2.75) is 89.8 Å². The molecule has 19 heavy (non-hydrogen) atoms. The Labute approximate surface area is 118 Å². The number of rotatable bonds is 5. The van der Waals surface area contributed by atoms with Crippen LogP contribution in [0.3, 0.4) is 0 Å². The van der Waals surface area contributed by atoms with E-state index in [0.717, 1.165) is 18.6 Å². The van der Waals surface area contributed by atoms with Crippen molar-refractivity contribution < 1.29 is 4.74 Å². The molecule has 0 bridgehead atoms. The van der Waals surface area contributed by atoms with Crippen LogP contribution < -0.4 is 5.32 Å². The minimum atomic E-state index is 0.503. The second-order valence-electron chi connectivity index (χ2n) is 7.17. The first-order valence-electron chi connectivity index (χ1n) is 8.64. The molecule has 1 spiro atoms. The molecule has 3 unspecified atom stereocenters. The van der Waals surface area contributed by atoms with Crippen molar-refractivity contribution in [3.05, 3.63) is 0 Å². The Balaban J connectivity index is 1.58. The predicted octanol–water partition coefficient (Wildman–Crippen LogP) is 3.89. The summed E-state index contributed by atoms with van der Waals surface area (Å²) in [7, 11) is 0. The Hall–Kier alpha value is -0.0800. The number of ether oxygens (including phenoxy) is 1. The first-order valence-corrected chi connectivity index (χ1v) is 8.64. The van der Waals surface area contributed by atoms with Crippen molar-refractivity contribution in [3.63, 3.8) is 0 Å². The highest BCUT2D eigenvalue weighted by Crippen LogP contribution is 2.55. The summed E-state index contributed by atoms with van der Waals surface area (Å²) in [6.45, 7) is 5.45. The number of hydrogen-bond donors (Lipinski definition) is 1. The molecule has 3 aliphatic carbocycles. The molecular weight excluding hydrogens is 234 g/mol. The Morgan fingerprint density at radius 3 is 2.47 bits per heavy atom. The fourth-order valence-corrected chi connectivity index (χ4v) is 5.03. The fourth-order valence-electron chi connectivity index (χ4n) is 5.03. The summed E-state index contributed by atoms with van der Waals surface area (Å²) in [5, 5.41) is 4.00. The van der Waals surface area contributed by atoms with Crippen LogP contribution >= 0.6 is 0 Å². The molecule has 0 aromatic rings. The van der Waals surface area contributed by atoms with Gasteiger partial charge in [0.2, 0.25) is 0 Å². The van der Waals surface area contributed by atoms with Crippen LogP contribution in [0.25, 0.3) is 0 Å². The van der Waals surface area contributed by atoms with E-state index in [-0.39, 0.29) is 0 Å². The molecule has 3 aliphatic rings. The van der Waals surface area contributed by atoms with E-state index in [1.807, 2.05) is 0 Å². The topological polar surface area (TPSA) is 21.3 Å². The van der Waals surface area contributed by atoms with Gasteiger partial charge in [0.15, 0.2) is 0 Å².